The molecule has 1 aromatic carbocycles. The molecule has 0 aromatic heterocycles. The van der Waals surface area contributed by atoms with Crippen LogP contribution in [0.3, 0.4) is 0 Å². The Morgan fingerprint density at radius 2 is 1.73 bits per heavy atom. The molecule has 14 heteroatoms. The number of carbonyl (C=O) groups is 3. The largest absolute Gasteiger partial charge is 0.458 e. The number of benzene rings is 1. The number of ketones is 1. The topological polar surface area (TPSA) is 219 Å². The first kappa shape index (κ1) is 29.9. The molecular formula is C27H34O14. The summed E-state index contributed by atoms with van der Waals surface area (Å²) in [5.41, 5.74) is -2.11. The van der Waals surface area contributed by atoms with Gasteiger partial charge in [0, 0.05) is 12.3 Å². The highest BCUT2D eigenvalue weighted by Crippen LogP contribution is 2.49. The molecule has 1 aromatic rings. The van der Waals surface area contributed by atoms with E-state index in [9.17, 15) is 45.0 Å². The summed E-state index contributed by atoms with van der Waals surface area (Å²) in [6.45, 7) is 0.978. The monoisotopic (exact) mass is 582 g/mol. The van der Waals surface area contributed by atoms with Gasteiger partial charge >= 0.3 is 11.9 Å². The van der Waals surface area contributed by atoms with E-state index >= 15 is 0 Å². The molecule has 0 bridgehead atoms. The molecule has 6 N–H and O–H groups in total. The van der Waals surface area contributed by atoms with Crippen molar-refractivity contribution < 1.29 is 68.7 Å². The Kier molecular flexibility index (Phi) is 8.24. The number of esters is 2. The van der Waals surface area contributed by atoms with E-state index in [0.29, 0.717) is 5.56 Å². The van der Waals surface area contributed by atoms with Gasteiger partial charge in [-0.25, -0.2) is 4.79 Å². The van der Waals surface area contributed by atoms with Crippen LogP contribution in [0, 0.1) is 11.8 Å². The lowest BCUT2D eigenvalue weighted by atomic mass is 9.72. The van der Waals surface area contributed by atoms with E-state index < -0.39 is 97.1 Å². The van der Waals surface area contributed by atoms with E-state index in [1.165, 1.54) is 0 Å². The lowest BCUT2D eigenvalue weighted by Crippen LogP contribution is -2.62. The molecule has 3 saturated heterocycles. The lowest BCUT2D eigenvalue weighted by molar-refractivity contribution is -0.295. The number of aliphatic hydroxyl groups excluding tert-OH is 5. The third-order valence-corrected chi connectivity index (χ3v) is 8.41. The fraction of sp³-hybridized carbons (Fsp3) is 0.667. The van der Waals surface area contributed by atoms with Crippen LogP contribution in [0.15, 0.2) is 30.3 Å². The summed E-state index contributed by atoms with van der Waals surface area (Å²) < 4.78 is 27.8. The minimum atomic E-state index is -2.42. The maximum Gasteiger partial charge on any atom is 0.338 e. The van der Waals surface area contributed by atoms with Crippen molar-refractivity contribution in [3.63, 3.8) is 0 Å². The standard InChI is InChI=1S/C27H34O14/c1-12-11-37-26(9-15(12)38-22(33)13-5-3-2-4-6-13)25(35)27(36)17(29)7-14(8-18(27)41-26)23(34)40-24-21(32)20(31)19(30)16(10-28)39-24/h2-6,12,14-21,24,28-32,36H,7-11H2,1H3. The zero-order valence-electron chi connectivity index (χ0n) is 22.1. The van der Waals surface area contributed by atoms with Crippen molar-refractivity contribution in [2.24, 2.45) is 11.8 Å². The van der Waals surface area contributed by atoms with E-state index in [-0.39, 0.29) is 25.4 Å². The second-order valence-electron chi connectivity index (χ2n) is 11.1. The second-order valence-corrected chi connectivity index (χ2v) is 11.1. The van der Waals surface area contributed by atoms with Crippen molar-refractivity contribution >= 4 is 17.7 Å². The zero-order chi connectivity index (χ0) is 29.7. The van der Waals surface area contributed by atoms with Crippen LogP contribution in [0.5, 0.6) is 0 Å². The lowest BCUT2D eigenvalue weighted by Gasteiger charge is -2.41. The smallest absolute Gasteiger partial charge is 0.338 e. The fourth-order valence-corrected chi connectivity index (χ4v) is 5.87. The molecule has 0 radical (unpaired) electrons. The van der Waals surface area contributed by atoms with Crippen molar-refractivity contribution in [2.45, 2.75) is 86.6 Å². The number of Topliss-reactive ketones (excluding diaryl/α,β-unsaturated/α-hetero) is 1. The van der Waals surface area contributed by atoms with E-state index in [4.69, 9.17) is 23.7 Å². The summed E-state index contributed by atoms with van der Waals surface area (Å²) in [6, 6.07) is 8.26. The van der Waals surface area contributed by atoms with Gasteiger partial charge in [-0.05, 0) is 25.0 Å². The van der Waals surface area contributed by atoms with Crippen LogP contribution in [-0.2, 0) is 33.3 Å². The van der Waals surface area contributed by atoms with Crippen LogP contribution >= 0.6 is 0 Å². The third kappa shape index (κ3) is 5.17. The van der Waals surface area contributed by atoms with Crippen molar-refractivity contribution in [3.05, 3.63) is 35.9 Å². The molecule has 1 aliphatic carbocycles. The van der Waals surface area contributed by atoms with Gasteiger partial charge in [0.25, 0.3) is 0 Å². The van der Waals surface area contributed by atoms with Gasteiger partial charge < -0.3 is 54.3 Å². The number of ether oxygens (including phenoxy) is 5. The molecule has 226 valence electrons. The first-order valence-corrected chi connectivity index (χ1v) is 13.5. The van der Waals surface area contributed by atoms with Gasteiger partial charge in [-0.15, -0.1) is 0 Å². The number of carbonyl (C=O) groups excluding carboxylic acids is 3. The zero-order valence-corrected chi connectivity index (χ0v) is 22.1. The average molecular weight is 583 g/mol. The molecule has 41 heavy (non-hydrogen) atoms. The molecule has 4 fully saturated rings. The number of rotatable bonds is 5. The highest BCUT2D eigenvalue weighted by atomic mass is 16.7. The molecule has 12 unspecified atom stereocenters. The normalized spacial score (nSPS) is 44.3. The summed E-state index contributed by atoms with van der Waals surface area (Å²) in [6.07, 6.45) is -13.3. The average Bonchev–Trinajstić information content (AvgIpc) is 3.18. The quantitative estimate of drug-likeness (QED) is 0.203. The first-order valence-electron chi connectivity index (χ1n) is 13.5. The van der Waals surface area contributed by atoms with Crippen LogP contribution in [0.1, 0.15) is 36.5 Å². The van der Waals surface area contributed by atoms with Gasteiger partial charge in [-0.3, -0.25) is 9.59 Å². The molecule has 3 heterocycles. The van der Waals surface area contributed by atoms with Gasteiger partial charge in [0.15, 0.2) is 5.60 Å². The minimum absolute atomic E-state index is 0.0556. The Hall–Kier alpha value is -2.53. The van der Waals surface area contributed by atoms with Crippen LogP contribution in [0.25, 0.3) is 0 Å². The van der Waals surface area contributed by atoms with Crippen molar-refractivity contribution in [2.75, 3.05) is 13.2 Å². The Morgan fingerprint density at radius 3 is 2.41 bits per heavy atom. The molecule has 0 amide bonds. The van der Waals surface area contributed by atoms with Crippen LogP contribution in [-0.4, -0.2) is 122 Å². The van der Waals surface area contributed by atoms with E-state index in [1.54, 1.807) is 37.3 Å². The van der Waals surface area contributed by atoms with E-state index in [0.717, 1.165) is 0 Å². The van der Waals surface area contributed by atoms with E-state index in [1.807, 2.05) is 0 Å². The van der Waals surface area contributed by atoms with Gasteiger partial charge in [0.1, 0.15) is 36.6 Å². The van der Waals surface area contributed by atoms with Gasteiger partial charge in [-0.1, -0.05) is 25.1 Å². The molecule has 1 saturated carbocycles. The summed E-state index contributed by atoms with van der Waals surface area (Å²) in [5, 5.41) is 61.7. The van der Waals surface area contributed by atoms with Gasteiger partial charge in [0.05, 0.1) is 30.8 Å². The van der Waals surface area contributed by atoms with Crippen molar-refractivity contribution in [3.8, 4) is 0 Å². The molecule has 5 rings (SSSR count). The molecule has 1 spiro atoms. The molecule has 12 atom stereocenters. The Labute approximate surface area is 234 Å². The summed E-state index contributed by atoms with van der Waals surface area (Å²) in [5.74, 6) is -6.06. The van der Waals surface area contributed by atoms with Gasteiger partial charge in [0.2, 0.25) is 17.9 Å². The Bertz CT molecular complexity index is 1140. The molecule has 4 aliphatic rings. The van der Waals surface area contributed by atoms with Crippen LogP contribution < -0.4 is 0 Å². The highest BCUT2D eigenvalue weighted by Gasteiger charge is 2.71. The summed E-state index contributed by atoms with van der Waals surface area (Å²) in [4.78, 5) is 39.3. The fourth-order valence-electron chi connectivity index (χ4n) is 5.87. The Morgan fingerprint density at radius 1 is 1.02 bits per heavy atom. The molecule has 3 aliphatic heterocycles. The number of aliphatic hydroxyl groups is 6. The minimum Gasteiger partial charge on any atom is -0.458 e. The van der Waals surface area contributed by atoms with Gasteiger partial charge in [-0.2, -0.15) is 0 Å². The third-order valence-electron chi connectivity index (χ3n) is 8.41. The van der Waals surface area contributed by atoms with Crippen molar-refractivity contribution in [1.82, 2.24) is 0 Å². The summed E-state index contributed by atoms with van der Waals surface area (Å²) in [7, 11) is 0. The Balaban J connectivity index is 1.29. The SMILES string of the molecule is CC1COC2(CC1OC(=O)c1ccccc1)OC1CC(C(=O)OC3OC(CO)C(O)C(O)C3O)CC(O)C1(O)C2=O. The first-order chi connectivity index (χ1) is 19.4. The second kappa shape index (κ2) is 11.3. The predicted octanol–water partition coefficient (Wildman–Crippen LogP) is -2.22. The summed E-state index contributed by atoms with van der Waals surface area (Å²) >= 11 is 0. The highest BCUT2D eigenvalue weighted by molar-refractivity contribution is 5.97. The predicted molar refractivity (Wildman–Crippen MR) is 132 cm³/mol. The molecular weight excluding hydrogens is 548 g/mol. The van der Waals surface area contributed by atoms with Crippen molar-refractivity contribution in [1.29, 1.82) is 0 Å². The van der Waals surface area contributed by atoms with Crippen LogP contribution in [0.4, 0.5) is 0 Å². The maximum atomic E-state index is 13.6. The number of hydrogen-bond acceptors (Lipinski definition) is 14. The number of hydrogen-bond donors (Lipinski definition) is 6. The van der Waals surface area contributed by atoms with Crippen LogP contribution in [0.2, 0.25) is 0 Å². The maximum absolute atomic E-state index is 13.6. The van der Waals surface area contributed by atoms with E-state index in [2.05, 4.69) is 0 Å². The number of fused-ring (bicyclic) bond motifs is 1. The molecule has 14 nitrogen and oxygen atoms in total.